The van der Waals surface area contributed by atoms with E-state index in [1.54, 1.807) is 13.1 Å². The molecule has 1 amide bonds. The Morgan fingerprint density at radius 1 is 1.24 bits per heavy atom. The summed E-state index contributed by atoms with van der Waals surface area (Å²) in [4.78, 5) is 24.5. The lowest BCUT2D eigenvalue weighted by atomic mass is 9.99. The zero-order chi connectivity index (χ0) is 22.9. The molecule has 33 heavy (non-hydrogen) atoms. The van der Waals surface area contributed by atoms with E-state index in [1.165, 1.54) is 4.57 Å². The van der Waals surface area contributed by atoms with Crippen molar-refractivity contribution in [2.75, 3.05) is 6.54 Å². The van der Waals surface area contributed by atoms with Crippen molar-refractivity contribution < 1.29 is 9.21 Å². The molecular formula is C25H27N5O3. The summed E-state index contributed by atoms with van der Waals surface area (Å²) in [7, 11) is 1.68. The van der Waals surface area contributed by atoms with Crippen LogP contribution in [-0.4, -0.2) is 41.2 Å². The third-order valence-corrected chi connectivity index (χ3v) is 6.80. The van der Waals surface area contributed by atoms with Crippen LogP contribution in [0.3, 0.4) is 0 Å². The van der Waals surface area contributed by atoms with Crippen molar-refractivity contribution in [1.29, 1.82) is 5.26 Å². The molecule has 0 radical (unpaired) electrons. The highest BCUT2D eigenvalue weighted by atomic mass is 16.4. The molecule has 0 saturated carbocycles. The number of nitriles is 1. The quantitative estimate of drug-likeness (QED) is 0.553. The van der Waals surface area contributed by atoms with Gasteiger partial charge in [0.1, 0.15) is 6.04 Å². The summed E-state index contributed by atoms with van der Waals surface area (Å²) < 4.78 is 6.68. The number of oxazole rings is 1. The largest absolute Gasteiger partial charge is 0.419 e. The van der Waals surface area contributed by atoms with Crippen LogP contribution in [0.5, 0.6) is 0 Å². The van der Waals surface area contributed by atoms with E-state index in [0.717, 1.165) is 48.0 Å². The number of nitrogens with zero attached hydrogens (tertiary/aromatic N) is 2. The second-order valence-corrected chi connectivity index (χ2v) is 8.97. The van der Waals surface area contributed by atoms with E-state index in [-0.39, 0.29) is 17.7 Å². The van der Waals surface area contributed by atoms with E-state index >= 15 is 0 Å². The molecule has 4 unspecified atom stereocenters. The Morgan fingerprint density at radius 3 is 2.79 bits per heavy atom. The van der Waals surface area contributed by atoms with E-state index in [2.05, 4.69) is 22.0 Å². The molecule has 4 atom stereocenters. The van der Waals surface area contributed by atoms with Gasteiger partial charge < -0.3 is 20.4 Å². The highest BCUT2D eigenvalue weighted by Gasteiger charge is 2.38. The van der Waals surface area contributed by atoms with E-state index in [1.807, 2.05) is 36.4 Å². The van der Waals surface area contributed by atoms with Gasteiger partial charge in [0.25, 0.3) is 0 Å². The van der Waals surface area contributed by atoms with Crippen LogP contribution in [-0.2, 0) is 18.3 Å². The number of aromatic nitrogens is 1. The molecule has 2 fully saturated rings. The molecule has 170 valence electrons. The number of rotatable bonds is 5. The number of hydrogen-bond acceptors (Lipinski definition) is 6. The molecule has 1 aromatic heterocycles. The lowest BCUT2D eigenvalue weighted by Gasteiger charge is -2.25. The van der Waals surface area contributed by atoms with E-state index < -0.39 is 6.04 Å². The maximum atomic E-state index is 12.7. The number of aryl methyl sites for hydroxylation is 1. The zero-order valence-corrected chi connectivity index (χ0v) is 18.5. The van der Waals surface area contributed by atoms with Crippen molar-refractivity contribution >= 4 is 17.0 Å². The predicted octanol–water partition coefficient (Wildman–Crippen LogP) is 1.83. The normalized spacial score (nSPS) is 23.1. The summed E-state index contributed by atoms with van der Waals surface area (Å²) in [5.41, 5.74) is 4.24. The molecule has 2 aliphatic rings. The van der Waals surface area contributed by atoms with Gasteiger partial charge in [-0.05, 0) is 54.6 Å². The highest BCUT2D eigenvalue weighted by molar-refractivity contribution is 5.83. The van der Waals surface area contributed by atoms with Crippen LogP contribution in [0.4, 0.5) is 0 Å². The van der Waals surface area contributed by atoms with Gasteiger partial charge in [0.15, 0.2) is 5.58 Å². The summed E-state index contributed by atoms with van der Waals surface area (Å²) in [6.45, 7) is 1.00. The molecule has 0 bridgehead atoms. The Labute approximate surface area is 191 Å². The Bertz CT molecular complexity index is 1260. The third-order valence-electron chi connectivity index (χ3n) is 6.80. The first-order valence-corrected chi connectivity index (χ1v) is 11.4. The number of fused-ring (bicyclic) bond motifs is 2. The van der Waals surface area contributed by atoms with Gasteiger partial charge in [-0.3, -0.25) is 9.36 Å². The molecule has 0 spiro atoms. The number of benzene rings is 2. The lowest BCUT2D eigenvalue weighted by molar-refractivity contribution is -0.123. The Kier molecular flexibility index (Phi) is 5.75. The van der Waals surface area contributed by atoms with Gasteiger partial charge in [0.2, 0.25) is 5.91 Å². The summed E-state index contributed by atoms with van der Waals surface area (Å²) in [5.74, 6) is -0.488. The first-order chi connectivity index (χ1) is 16.0. The lowest BCUT2D eigenvalue weighted by Crippen LogP contribution is -2.48. The molecule has 2 aromatic carbocycles. The van der Waals surface area contributed by atoms with E-state index in [9.17, 15) is 14.9 Å². The van der Waals surface area contributed by atoms with Crippen LogP contribution in [0, 0.1) is 11.3 Å². The number of nitrogens with one attached hydrogen (secondary N) is 3. The molecular weight excluding hydrogens is 418 g/mol. The average Bonchev–Trinajstić information content (AvgIpc) is 3.40. The van der Waals surface area contributed by atoms with Crippen LogP contribution in [0.15, 0.2) is 51.7 Å². The summed E-state index contributed by atoms with van der Waals surface area (Å²) in [6.07, 6.45) is 3.40. The number of piperidine rings is 1. The fourth-order valence-electron chi connectivity index (χ4n) is 4.94. The monoisotopic (exact) mass is 445 g/mol. The van der Waals surface area contributed by atoms with Crippen LogP contribution < -0.4 is 21.7 Å². The Hall–Kier alpha value is -3.41. The van der Waals surface area contributed by atoms with Crippen molar-refractivity contribution in [1.82, 2.24) is 20.5 Å². The highest BCUT2D eigenvalue weighted by Crippen LogP contribution is 2.25. The van der Waals surface area contributed by atoms with E-state index in [0.29, 0.717) is 24.1 Å². The van der Waals surface area contributed by atoms with Gasteiger partial charge in [-0.2, -0.15) is 5.26 Å². The SMILES string of the molecule is Cn1c(=O)oc2ccc(-c3ccc(CC(C#N)NC(=O)C4CC5NCCCC5N4)cc3)cc21. The first kappa shape index (κ1) is 21.4. The van der Waals surface area contributed by atoms with Crippen LogP contribution in [0.25, 0.3) is 22.2 Å². The molecule has 8 nitrogen and oxygen atoms in total. The Morgan fingerprint density at radius 2 is 2.03 bits per heavy atom. The molecule has 5 rings (SSSR count). The molecule has 3 aromatic rings. The van der Waals surface area contributed by atoms with Crippen molar-refractivity contribution in [3.8, 4) is 17.2 Å². The predicted molar refractivity (Wildman–Crippen MR) is 124 cm³/mol. The second kappa shape index (κ2) is 8.85. The molecule has 3 heterocycles. The van der Waals surface area contributed by atoms with Gasteiger partial charge in [-0.15, -0.1) is 0 Å². The van der Waals surface area contributed by atoms with Crippen molar-refractivity contribution in [2.45, 2.75) is 49.9 Å². The minimum atomic E-state index is -0.586. The summed E-state index contributed by atoms with van der Waals surface area (Å²) in [6, 6.07) is 15.6. The van der Waals surface area contributed by atoms with E-state index in [4.69, 9.17) is 4.42 Å². The second-order valence-electron chi connectivity index (χ2n) is 8.97. The summed E-state index contributed by atoms with van der Waals surface area (Å²) >= 11 is 0. The Balaban J connectivity index is 1.23. The average molecular weight is 446 g/mol. The standard InChI is InChI=1S/C25H27N5O3/c1-30-22-12-17(8-9-23(22)33-25(30)32)16-6-4-15(5-7-16)11-18(14-26)28-24(31)21-13-20-19(29-21)3-2-10-27-20/h4-9,12,18-21,27,29H,2-3,10-11,13H2,1H3,(H,28,31). The van der Waals surface area contributed by atoms with Gasteiger partial charge in [0.05, 0.1) is 17.6 Å². The minimum Gasteiger partial charge on any atom is -0.408 e. The molecule has 3 N–H and O–H groups in total. The minimum absolute atomic E-state index is 0.103. The van der Waals surface area contributed by atoms with Gasteiger partial charge >= 0.3 is 5.76 Å². The third kappa shape index (κ3) is 4.30. The van der Waals surface area contributed by atoms with Gasteiger partial charge in [0, 0.05) is 25.6 Å². The number of hydrogen-bond donors (Lipinski definition) is 3. The maximum Gasteiger partial charge on any atom is 0.419 e. The smallest absolute Gasteiger partial charge is 0.408 e. The molecule has 2 aliphatic heterocycles. The number of carbonyl (C=O) groups is 1. The maximum absolute atomic E-state index is 12.7. The van der Waals surface area contributed by atoms with Crippen LogP contribution >= 0.6 is 0 Å². The number of carbonyl (C=O) groups excluding carboxylic acids is 1. The fourth-order valence-corrected chi connectivity index (χ4v) is 4.94. The zero-order valence-electron chi connectivity index (χ0n) is 18.5. The van der Waals surface area contributed by atoms with Crippen molar-refractivity contribution in [2.24, 2.45) is 7.05 Å². The molecule has 2 saturated heterocycles. The fraction of sp³-hybridized carbons (Fsp3) is 0.400. The summed E-state index contributed by atoms with van der Waals surface area (Å²) in [5, 5.41) is 19.4. The van der Waals surface area contributed by atoms with Crippen LogP contribution in [0.2, 0.25) is 0 Å². The van der Waals surface area contributed by atoms with Crippen molar-refractivity contribution in [3.05, 3.63) is 58.6 Å². The topological polar surface area (TPSA) is 112 Å². The first-order valence-electron chi connectivity index (χ1n) is 11.4. The molecule has 0 aliphatic carbocycles. The molecule has 8 heteroatoms. The van der Waals surface area contributed by atoms with Crippen molar-refractivity contribution in [3.63, 3.8) is 0 Å². The van der Waals surface area contributed by atoms with Gasteiger partial charge in [-0.1, -0.05) is 30.3 Å². The van der Waals surface area contributed by atoms with Gasteiger partial charge in [-0.25, -0.2) is 4.79 Å². The number of amides is 1. The van der Waals surface area contributed by atoms with Crippen LogP contribution in [0.1, 0.15) is 24.8 Å².